The van der Waals surface area contributed by atoms with E-state index < -0.39 is 0 Å². The minimum atomic E-state index is -0.0956. The molecule has 0 aliphatic carbocycles. The van der Waals surface area contributed by atoms with Gasteiger partial charge in [-0.1, -0.05) is 11.5 Å². The fourth-order valence-corrected chi connectivity index (χ4v) is 2.81. The number of unbranched alkanes of at least 4 members (excludes halogenated alkanes) is 2. The molecule has 0 spiro atoms. The summed E-state index contributed by atoms with van der Waals surface area (Å²) in [7, 11) is 3.57. The van der Waals surface area contributed by atoms with Gasteiger partial charge in [-0.2, -0.15) is 0 Å². The van der Waals surface area contributed by atoms with Gasteiger partial charge >= 0.3 is 0 Å². The molecule has 12 heteroatoms. The van der Waals surface area contributed by atoms with E-state index in [1.165, 1.54) is 0 Å². The maximum absolute atomic E-state index is 11.0. The van der Waals surface area contributed by atoms with Crippen LogP contribution in [0.25, 0.3) is 0 Å². The molecule has 0 bridgehead atoms. The SMILES string of the molecule is CNC(CCCCNC(=O)C[S-])C(C)=O.CNC(CCCCNC(=O)C[S-])C(C)=O.[CH3-].[CH3-].[Y].[Y]. The average molecular weight is 671 g/mol. The van der Waals surface area contributed by atoms with Gasteiger partial charge in [0.2, 0.25) is 0 Å². The van der Waals surface area contributed by atoms with Crippen LogP contribution >= 0.6 is 0 Å². The van der Waals surface area contributed by atoms with Gasteiger partial charge in [0.25, 0.3) is 0 Å². The van der Waals surface area contributed by atoms with E-state index in [1.54, 1.807) is 27.9 Å². The van der Waals surface area contributed by atoms with E-state index in [9.17, 15) is 19.2 Å². The first-order valence-corrected chi connectivity index (χ1v) is 11.4. The average Bonchev–Trinajstić information content (AvgIpc) is 2.72. The van der Waals surface area contributed by atoms with Crippen molar-refractivity contribution in [3.63, 3.8) is 0 Å². The number of hydrogen-bond donors (Lipinski definition) is 4. The van der Waals surface area contributed by atoms with E-state index in [-0.39, 0.29) is 127 Å². The molecule has 0 saturated carbocycles. The zero-order valence-electron chi connectivity index (χ0n) is 21.8. The second-order valence-electron chi connectivity index (χ2n) is 6.88. The molecule has 2 radical (unpaired) electrons. The summed E-state index contributed by atoms with van der Waals surface area (Å²) < 4.78 is 0. The second-order valence-corrected chi connectivity index (χ2v) is 7.46. The first-order valence-electron chi connectivity index (χ1n) is 10.3. The predicted molar refractivity (Wildman–Crippen MR) is 138 cm³/mol. The molecule has 0 aromatic rings. The molecule has 0 aromatic carbocycles. The number of nitrogens with one attached hydrogen (secondary N) is 4. The first kappa shape index (κ1) is 48.2. The topological polar surface area (TPSA) is 116 Å². The molecule has 34 heavy (non-hydrogen) atoms. The van der Waals surface area contributed by atoms with Gasteiger partial charge in [-0.05, 0) is 66.5 Å². The summed E-state index contributed by atoms with van der Waals surface area (Å²) in [6.45, 7) is 4.45. The second kappa shape index (κ2) is 34.1. The van der Waals surface area contributed by atoms with Crippen LogP contribution in [0, 0.1) is 14.9 Å². The number of carbonyl (C=O) groups is 4. The van der Waals surface area contributed by atoms with Crippen molar-refractivity contribution in [3.05, 3.63) is 14.9 Å². The summed E-state index contributed by atoms with van der Waals surface area (Å²) >= 11 is 9.16. The molecule has 2 amide bonds. The fraction of sp³-hybridized carbons (Fsp3) is 0.727. The molecule has 4 N–H and O–H groups in total. The van der Waals surface area contributed by atoms with Crippen molar-refractivity contribution >= 4 is 48.6 Å². The zero-order valence-corrected chi connectivity index (χ0v) is 29.1. The molecule has 0 heterocycles. The summed E-state index contributed by atoms with van der Waals surface area (Å²) in [5, 5.41) is 11.3. The third-order valence-electron chi connectivity index (χ3n) is 4.42. The Morgan fingerprint density at radius 2 is 0.941 bits per heavy atom. The van der Waals surface area contributed by atoms with Crippen molar-refractivity contribution < 1.29 is 84.6 Å². The van der Waals surface area contributed by atoms with Crippen LogP contribution in [0.3, 0.4) is 0 Å². The van der Waals surface area contributed by atoms with E-state index in [4.69, 9.17) is 0 Å². The molecular weight excluding hydrogens is 626 g/mol. The van der Waals surface area contributed by atoms with E-state index in [0.29, 0.717) is 13.1 Å². The Bertz CT molecular complexity index is 475. The van der Waals surface area contributed by atoms with E-state index >= 15 is 0 Å². The maximum atomic E-state index is 11.0. The van der Waals surface area contributed by atoms with Gasteiger partial charge in [-0.3, -0.25) is 19.2 Å². The van der Waals surface area contributed by atoms with Gasteiger partial charge in [0.15, 0.2) is 11.8 Å². The Balaban J connectivity index is -0.000000103. The van der Waals surface area contributed by atoms with Crippen LogP contribution < -0.4 is 21.3 Å². The molecule has 198 valence electrons. The smallest absolute Gasteiger partial charge is 0.195 e. The molecule has 0 rings (SSSR count). The Kier molecular flexibility index (Phi) is 48.4. The minimum Gasteiger partial charge on any atom is -0.783 e. The van der Waals surface area contributed by atoms with Crippen molar-refractivity contribution in [3.8, 4) is 0 Å². The quantitative estimate of drug-likeness (QED) is 0.109. The van der Waals surface area contributed by atoms with E-state index in [0.717, 1.165) is 38.5 Å². The number of Topliss-reactive ketones (excluding diaryl/α,β-unsaturated/α-hetero) is 2. The van der Waals surface area contributed by atoms with Gasteiger partial charge in [-0.25, -0.2) is 0 Å². The third kappa shape index (κ3) is 31.1. The van der Waals surface area contributed by atoms with Gasteiger partial charge in [0.05, 0.1) is 12.1 Å². The van der Waals surface area contributed by atoms with Crippen LogP contribution in [0.1, 0.15) is 52.4 Å². The Hall–Kier alpha value is 1.11. The van der Waals surface area contributed by atoms with Crippen molar-refractivity contribution in [2.24, 2.45) is 0 Å². The minimum absolute atomic E-state index is 0. The molecule has 8 nitrogen and oxygen atoms in total. The molecule has 0 fully saturated rings. The van der Waals surface area contributed by atoms with Crippen molar-refractivity contribution in [1.82, 2.24) is 21.3 Å². The number of ketones is 2. The summed E-state index contributed by atoms with van der Waals surface area (Å²) in [5.74, 6) is 0.363. The maximum Gasteiger partial charge on any atom is 0.195 e. The van der Waals surface area contributed by atoms with E-state index in [2.05, 4.69) is 46.5 Å². The van der Waals surface area contributed by atoms with Crippen LogP contribution in [0.5, 0.6) is 0 Å². The molecule has 2 atom stereocenters. The first-order chi connectivity index (χ1) is 14.2. The van der Waals surface area contributed by atoms with Crippen LogP contribution in [-0.2, 0) is 110 Å². The largest absolute Gasteiger partial charge is 0.783 e. The molecule has 2 unspecified atom stereocenters. The number of hydrogen-bond acceptors (Lipinski definition) is 8. The summed E-state index contributed by atoms with van der Waals surface area (Å²) in [4.78, 5) is 43.7. The van der Waals surface area contributed by atoms with Gasteiger partial charge in [0, 0.05) is 78.5 Å². The Morgan fingerprint density at radius 1 is 0.647 bits per heavy atom. The zero-order chi connectivity index (χ0) is 23.4. The number of rotatable bonds is 16. The van der Waals surface area contributed by atoms with Gasteiger partial charge in [0.1, 0.15) is 11.6 Å². The predicted octanol–water partition coefficient (Wildman–Crippen LogP) is 0.889. The monoisotopic (exact) mass is 670 g/mol. The van der Waals surface area contributed by atoms with Crippen molar-refractivity contribution in [2.75, 3.05) is 38.7 Å². The number of likely N-dealkylation sites (N-methyl/N-ethyl adjacent to an activating group) is 2. The number of carbonyl (C=O) groups excluding carboxylic acids is 4. The number of amides is 2. The van der Waals surface area contributed by atoms with Crippen LogP contribution in [-0.4, -0.2) is 74.2 Å². The van der Waals surface area contributed by atoms with Crippen LogP contribution in [0.4, 0.5) is 0 Å². The van der Waals surface area contributed by atoms with Gasteiger partial charge < -0.3 is 61.4 Å². The molecule has 0 aliphatic heterocycles. The summed E-state index contributed by atoms with van der Waals surface area (Å²) in [6, 6.07) is -0.112. The molecule has 0 saturated heterocycles. The summed E-state index contributed by atoms with van der Waals surface area (Å²) in [6.07, 6.45) is 5.23. The van der Waals surface area contributed by atoms with Crippen LogP contribution in [0.15, 0.2) is 0 Å². The molecule has 0 aromatic heterocycles. The Morgan fingerprint density at radius 3 is 1.15 bits per heavy atom. The Labute approximate surface area is 269 Å². The van der Waals surface area contributed by atoms with E-state index in [1.807, 2.05) is 0 Å². The molecule has 0 aliphatic rings. The van der Waals surface area contributed by atoms with Crippen LogP contribution in [0.2, 0.25) is 0 Å². The summed E-state index contributed by atoms with van der Waals surface area (Å²) in [5.41, 5.74) is 0. The van der Waals surface area contributed by atoms with Crippen molar-refractivity contribution in [1.29, 1.82) is 0 Å². The van der Waals surface area contributed by atoms with Gasteiger partial charge in [-0.15, -0.1) is 0 Å². The fourth-order valence-electron chi connectivity index (χ4n) is 2.61. The normalized spacial score (nSPS) is 10.8. The van der Waals surface area contributed by atoms with Crippen molar-refractivity contribution in [2.45, 2.75) is 64.5 Å². The third-order valence-corrected chi connectivity index (χ3v) is 4.95. The standard InChI is InChI=1S/2C10H20N2O2S.2CH3.2Y/c2*1-8(13)9(11-2)5-3-4-6-12-10(14)7-15;;;;/h2*9,11,15H,3-7H2,1-2H3,(H,12,14);2*1H3;;/q;;2*-1;;/p-2. The molecular formula is C22H44N4O4S2Y2-4.